The molecule has 2 aromatic rings. The van der Waals surface area contributed by atoms with Gasteiger partial charge in [-0.3, -0.25) is 0 Å². The second-order valence-corrected chi connectivity index (χ2v) is 4.66. The second-order valence-electron chi connectivity index (χ2n) is 4.26. The summed E-state index contributed by atoms with van der Waals surface area (Å²) in [5.74, 6) is 1.47. The van der Waals surface area contributed by atoms with Crippen LogP contribution in [0, 0.1) is 5.92 Å². The molecule has 0 aliphatic rings. The first-order valence-electron chi connectivity index (χ1n) is 5.37. The minimum atomic E-state index is 0.562. The first kappa shape index (κ1) is 11.2. The van der Waals surface area contributed by atoms with Crippen molar-refractivity contribution in [1.29, 1.82) is 0 Å². The van der Waals surface area contributed by atoms with Crippen molar-refractivity contribution in [3.8, 4) is 11.3 Å². The second kappa shape index (κ2) is 4.71. The van der Waals surface area contributed by atoms with Gasteiger partial charge in [0.15, 0.2) is 0 Å². The number of aromatic nitrogens is 1. The SMILES string of the molecule is CC(C)Cc1cc(-c2ccccc2Cl)no1. The van der Waals surface area contributed by atoms with Gasteiger partial charge in [-0.05, 0) is 12.0 Å². The van der Waals surface area contributed by atoms with Crippen LogP contribution in [0.1, 0.15) is 19.6 Å². The van der Waals surface area contributed by atoms with E-state index in [4.69, 9.17) is 16.1 Å². The summed E-state index contributed by atoms with van der Waals surface area (Å²) in [6.07, 6.45) is 0.900. The first-order valence-corrected chi connectivity index (χ1v) is 5.75. The Kier molecular flexibility index (Phi) is 3.30. The lowest BCUT2D eigenvalue weighted by molar-refractivity contribution is 0.370. The quantitative estimate of drug-likeness (QED) is 0.797. The highest BCUT2D eigenvalue weighted by molar-refractivity contribution is 6.33. The van der Waals surface area contributed by atoms with Gasteiger partial charge in [0.25, 0.3) is 0 Å². The smallest absolute Gasteiger partial charge is 0.137 e. The van der Waals surface area contributed by atoms with Crippen LogP contribution in [-0.2, 0) is 6.42 Å². The summed E-state index contributed by atoms with van der Waals surface area (Å²) in [5.41, 5.74) is 1.73. The summed E-state index contributed by atoms with van der Waals surface area (Å²) in [6, 6.07) is 9.60. The van der Waals surface area contributed by atoms with Crippen LogP contribution in [-0.4, -0.2) is 5.16 Å². The molecule has 0 atom stereocenters. The highest BCUT2D eigenvalue weighted by Gasteiger charge is 2.10. The van der Waals surface area contributed by atoms with Crippen LogP contribution in [0.25, 0.3) is 11.3 Å². The third-order valence-electron chi connectivity index (χ3n) is 2.32. The van der Waals surface area contributed by atoms with Crippen LogP contribution in [0.5, 0.6) is 0 Å². The van der Waals surface area contributed by atoms with E-state index in [-0.39, 0.29) is 0 Å². The lowest BCUT2D eigenvalue weighted by atomic mass is 10.1. The summed E-state index contributed by atoms with van der Waals surface area (Å²) in [4.78, 5) is 0. The van der Waals surface area contributed by atoms with E-state index in [1.165, 1.54) is 0 Å². The Morgan fingerprint density at radius 3 is 2.75 bits per heavy atom. The van der Waals surface area contributed by atoms with Crippen LogP contribution >= 0.6 is 11.6 Å². The highest BCUT2D eigenvalue weighted by Crippen LogP contribution is 2.27. The van der Waals surface area contributed by atoms with E-state index in [1.807, 2.05) is 30.3 Å². The van der Waals surface area contributed by atoms with Crippen molar-refractivity contribution in [3.05, 3.63) is 41.1 Å². The molecule has 1 aromatic heterocycles. The molecule has 0 unspecified atom stereocenters. The molecule has 0 N–H and O–H groups in total. The van der Waals surface area contributed by atoms with Crippen molar-refractivity contribution in [2.75, 3.05) is 0 Å². The molecule has 0 amide bonds. The number of rotatable bonds is 3. The molecule has 0 aliphatic carbocycles. The number of hydrogen-bond donors (Lipinski definition) is 0. The molecule has 0 spiro atoms. The Labute approximate surface area is 100 Å². The molecule has 0 aliphatic heterocycles. The minimum Gasteiger partial charge on any atom is -0.361 e. The molecule has 0 saturated heterocycles. The molecule has 84 valence electrons. The fourth-order valence-electron chi connectivity index (χ4n) is 1.61. The van der Waals surface area contributed by atoms with Gasteiger partial charge in [0.2, 0.25) is 0 Å². The maximum Gasteiger partial charge on any atom is 0.137 e. The van der Waals surface area contributed by atoms with Gasteiger partial charge in [-0.25, -0.2) is 0 Å². The molecule has 0 bridgehead atoms. The summed E-state index contributed by atoms with van der Waals surface area (Å²) >= 11 is 6.09. The van der Waals surface area contributed by atoms with E-state index in [9.17, 15) is 0 Å². The first-order chi connectivity index (χ1) is 7.66. The molecule has 0 radical (unpaired) electrons. The normalized spacial score (nSPS) is 11.0. The van der Waals surface area contributed by atoms with Gasteiger partial charge in [0.1, 0.15) is 11.5 Å². The maximum atomic E-state index is 6.09. The highest BCUT2D eigenvalue weighted by atomic mass is 35.5. The summed E-state index contributed by atoms with van der Waals surface area (Å²) < 4.78 is 5.28. The van der Waals surface area contributed by atoms with Gasteiger partial charge >= 0.3 is 0 Å². The third-order valence-corrected chi connectivity index (χ3v) is 2.65. The molecule has 2 rings (SSSR count). The van der Waals surface area contributed by atoms with Gasteiger partial charge in [-0.15, -0.1) is 0 Å². The van der Waals surface area contributed by atoms with Crippen molar-refractivity contribution in [2.24, 2.45) is 5.92 Å². The third kappa shape index (κ3) is 2.45. The molecule has 2 nitrogen and oxygen atoms in total. The lowest BCUT2D eigenvalue weighted by Gasteiger charge is -1.98. The van der Waals surface area contributed by atoms with Gasteiger partial charge in [0.05, 0.1) is 5.02 Å². The number of benzene rings is 1. The summed E-state index contributed by atoms with van der Waals surface area (Å²) in [5, 5.41) is 4.74. The molecule has 16 heavy (non-hydrogen) atoms. The van der Waals surface area contributed by atoms with Gasteiger partial charge in [-0.1, -0.05) is 48.8 Å². The zero-order valence-electron chi connectivity index (χ0n) is 9.40. The minimum absolute atomic E-state index is 0.562. The van der Waals surface area contributed by atoms with Crippen molar-refractivity contribution in [2.45, 2.75) is 20.3 Å². The van der Waals surface area contributed by atoms with Crippen molar-refractivity contribution in [1.82, 2.24) is 5.16 Å². The zero-order chi connectivity index (χ0) is 11.5. The van der Waals surface area contributed by atoms with E-state index >= 15 is 0 Å². The molecule has 1 heterocycles. The average molecular weight is 236 g/mol. The average Bonchev–Trinajstić information content (AvgIpc) is 2.66. The van der Waals surface area contributed by atoms with E-state index in [0.29, 0.717) is 10.9 Å². The van der Waals surface area contributed by atoms with E-state index in [0.717, 1.165) is 23.4 Å². The molecular formula is C13H14ClNO. The summed E-state index contributed by atoms with van der Waals surface area (Å²) in [7, 11) is 0. The fraction of sp³-hybridized carbons (Fsp3) is 0.308. The molecule has 3 heteroatoms. The molecule has 1 aromatic carbocycles. The largest absolute Gasteiger partial charge is 0.361 e. The van der Waals surface area contributed by atoms with Gasteiger partial charge in [-0.2, -0.15) is 0 Å². The van der Waals surface area contributed by atoms with Crippen LogP contribution in [0.2, 0.25) is 5.02 Å². The Morgan fingerprint density at radius 1 is 1.31 bits per heavy atom. The Bertz CT molecular complexity index is 476. The van der Waals surface area contributed by atoms with E-state index < -0.39 is 0 Å². The zero-order valence-corrected chi connectivity index (χ0v) is 10.2. The van der Waals surface area contributed by atoms with Crippen LogP contribution < -0.4 is 0 Å². The van der Waals surface area contributed by atoms with Crippen molar-refractivity contribution < 1.29 is 4.52 Å². The predicted octanol–water partition coefficient (Wildman–Crippen LogP) is 4.19. The van der Waals surface area contributed by atoms with Crippen molar-refractivity contribution in [3.63, 3.8) is 0 Å². The Hall–Kier alpha value is -1.28. The van der Waals surface area contributed by atoms with Crippen LogP contribution in [0.15, 0.2) is 34.9 Å². The van der Waals surface area contributed by atoms with Gasteiger partial charge in [0, 0.05) is 18.1 Å². The van der Waals surface area contributed by atoms with E-state index in [1.54, 1.807) is 0 Å². The number of nitrogens with zero attached hydrogens (tertiary/aromatic N) is 1. The number of halogens is 1. The van der Waals surface area contributed by atoms with E-state index in [2.05, 4.69) is 19.0 Å². The van der Waals surface area contributed by atoms with Gasteiger partial charge < -0.3 is 4.52 Å². The predicted molar refractivity (Wildman–Crippen MR) is 65.5 cm³/mol. The van der Waals surface area contributed by atoms with Crippen LogP contribution in [0.3, 0.4) is 0 Å². The lowest BCUT2D eigenvalue weighted by Crippen LogP contribution is -1.90. The van der Waals surface area contributed by atoms with Crippen molar-refractivity contribution >= 4 is 11.6 Å². The maximum absolute atomic E-state index is 6.09. The molecule has 0 fully saturated rings. The topological polar surface area (TPSA) is 26.0 Å². The Morgan fingerprint density at radius 2 is 2.06 bits per heavy atom. The number of hydrogen-bond acceptors (Lipinski definition) is 2. The monoisotopic (exact) mass is 235 g/mol. The standard InChI is InChI=1S/C13H14ClNO/c1-9(2)7-10-8-13(15-16-10)11-5-3-4-6-12(11)14/h3-6,8-9H,7H2,1-2H3. The van der Waals surface area contributed by atoms with Crippen LogP contribution in [0.4, 0.5) is 0 Å². The Balaban J connectivity index is 2.28. The summed E-state index contributed by atoms with van der Waals surface area (Å²) in [6.45, 7) is 4.30. The fourth-order valence-corrected chi connectivity index (χ4v) is 1.84. The molecular weight excluding hydrogens is 222 g/mol. The molecule has 0 saturated carbocycles.